The number of carbonyl (C=O) groups is 1. The molecule has 4 rings (SSSR count). The monoisotopic (exact) mass is 375 g/mol. The quantitative estimate of drug-likeness (QED) is 0.794. The number of hydrogen-bond donors (Lipinski definition) is 2. The van der Waals surface area contributed by atoms with Gasteiger partial charge in [-0.3, -0.25) is 4.79 Å². The number of fused-ring (bicyclic) bond motifs is 1. The lowest BCUT2D eigenvalue weighted by Gasteiger charge is -2.31. The van der Waals surface area contributed by atoms with Crippen LogP contribution >= 0.6 is 0 Å². The van der Waals surface area contributed by atoms with Gasteiger partial charge >= 0.3 is 0 Å². The first-order valence-electron chi connectivity index (χ1n) is 9.78. The van der Waals surface area contributed by atoms with Crippen molar-refractivity contribution in [3.8, 4) is 5.75 Å². The van der Waals surface area contributed by atoms with Gasteiger partial charge < -0.3 is 15.3 Å². The van der Waals surface area contributed by atoms with Gasteiger partial charge in [0.15, 0.2) is 0 Å². The third-order valence-corrected chi connectivity index (χ3v) is 5.55. The number of phenols is 1. The van der Waals surface area contributed by atoms with Gasteiger partial charge in [-0.15, -0.1) is 0 Å². The highest BCUT2D eigenvalue weighted by molar-refractivity contribution is 5.91. The fourth-order valence-corrected chi connectivity index (χ4v) is 3.92. The van der Waals surface area contributed by atoms with Gasteiger partial charge in [-0.2, -0.15) is 0 Å². The normalized spacial score (nSPS) is 17.4. The van der Waals surface area contributed by atoms with E-state index in [-0.39, 0.29) is 5.91 Å². The maximum absolute atomic E-state index is 12.6. The molecular formula is C23H25N3O2. The molecule has 1 aromatic carbocycles. The van der Waals surface area contributed by atoms with E-state index in [0.29, 0.717) is 11.7 Å². The zero-order chi connectivity index (χ0) is 19.5. The number of allylic oxidation sites excluding steroid dienone is 1. The van der Waals surface area contributed by atoms with Gasteiger partial charge in [-0.1, -0.05) is 18.7 Å². The number of benzene rings is 1. The summed E-state index contributed by atoms with van der Waals surface area (Å²) in [6, 6.07) is 9.53. The molecule has 0 unspecified atom stereocenters. The second kappa shape index (κ2) is 7.89. The third kappa shape index (κ3) is 4.09. The zero-order valence-electron chi connectivity index (χ0n) is 15.9. The molecule has 5 heteroatoms. The molecule has 1 saturated heterocycles. The highest BCUT2D eigenvalue weighted by Crippen LogP contribution is 2.30. The fourth-order valence-electron chi connectivity index (χ4n) is 3.92. The molecule has 2 aliphatic rings. The maximum Gasteiger partial charge on any atom is 0.246 e. The Morgan fingerprint density at radius 2 is 2.07 bits per heavy atom. The van der Waals surface area contributed by atoms with Crippen molar-refractivity contribution in [2.24, 2.45) is 0 Å². The van der Waals surface area contributed by atoms with Crippen molar-refractivity contribution in [1.82, 2.24) is 9.88 Å². The average Bonchev–Trinajstić information content (AvgIpc) is 2.72. The molecule has 28 heavy (non-hydrogen) atoms. The van der Waals surface area contributed by atoms with Crippen LogP contribution in [0.2, 0.25) is 0 Å². The first-order chi connectivity index (χ1) is 13.6. The maximum atomic E-state index is 12.6. The number of carbonyl (C=O) groups excluding carboxylic acids is 1. The van der Waals surface area contributed by atoms with Crippen molar-refractivity contribution < 1.29 is 9.90 Å². The predicted octanol–water partition coefficient (Wildman–Crippen LogP) is 4.08. The zero-order valence-corrected chi connectivity index (χ0v) is 15.9. The van der Waals surface area contributed by atoms with E-state index >= 15 is 0 Å². The molecule has 0 aliphatic carbocycles. The van der Waals surface area contributed by atoms with Crippen LogP contribution in [0.15, 0.2) is 54.9 Å². The van der Waals surface area contributed by atoms with Crippen molar-refractivity contribution in [3.05, 3.63) is 71.6 Å². The Labute approximate surface area is 165 Å². The smallest absolute Gasteiger partial charge is 0.246 e. The van der Waals surface area contributed by atoms with Crippen LogP contribution in [-0.4, -0.2) is 34.0 Å². The molecule has 0 radical (unpaired) electrons. The van der Waals surface area contributed by atoms with Gasteiger partial charge in [0.1, 0.15) is 11.6 Å². The predicted molar refractivity (Wildman–Crippen MR) is 111 cm³/mol. The Morgan fingerprint density at radius 3 is 2.86 bits per heavy atom. The Bertz CT molecular complexity index is 927. The third-order valence-electron chi connectivity index (χ3n) is 5.55. The first kappa shape index (κ1) is 18.3. The van der Waals surface area contributed by atoms with Crippen LogP contribution in [0.3, 0.4) is 0 Å². The highest BCUT2D eigenvalue weighted by atomic mass is 16.3. The number of anilines is 1. The van der Waals surface area contributed by atoms with Gasteiger partial charge in [0.25, 0.3) is 0 Å². The number of aromatic nitrogens is 1. The SMILES string of the molecule is C=C1CCc2cc(/C=C/C(=O)N3CCC(c4cccc(O)c4)CC3)cnc2N1. The van der Waals surface area contributed by atoms with Gasteiger partial charge in [-0.05, 0) is 72.6 Å². The van der Waals surface area contributed by atoms with E-state index in [0.717, 1.165) is 67.0 Å². The number of aryl methyl sites for hydroxylation is 1. The molecule has 2 aliphatic heterocycles. The van der Waals surface area contributed by atoms with Crippen LogP contribution in [0.5, 0.6) is 5.75 Å². The molecule has 1 amide bonds. The fraction of sp³-hybridized carbons (Fsp3) is 0.304. The molecule has 1 fully saturated rings. The highest BCUT2D eigenvalue weighted by Gasteiger charge is 2.23. The van der Waals surface area contributed by atoms with E-state index in [2.05, 4.69) is 29.0 Å². The van der Waals surface area contributed by atoms with E-state index in [1.807, 2.05) is 23.1 Å². The van der Waals surface area contributed by atoms with Crippen LogP contribution in [0.25, 0.3) is 6.08 Å². The van der Waals surface area contributed by atoms with Crippen LogP contribution < -0.4 is 5.32 Å². The van der Waals surface area contributed by atoms with Gasteiger partial charge in [0, 0.05) is 31.1 Å². The largest absolute Gasteiger partial charge is 0.508 e. The molecule has 5 nitrogen and oxygen atoms in total. The minimum absolute atomic E-state index is 0.0404. The summed E-state index contributed by atoms with van der Waals surface area (Å²) in [5, 5.41) is 12.9. The molecule has 0 saturated carbocycles. The van der Waals surface area contributed by atoms with Gasteiger partial charge in [0.2, 0.25) is 5.91 Å². The Balaban J connectivity index is 1.35. The number of phenolic OH excluding ortho intramolecular Hbond substituents is 1. The van der Waals surface area contributed by atoms with Crippen molar-refractivity contribution in [3.63, 3.8) is 0 Å². The number of aromatic hydroxyl groups is 1. The molecule has 1 aromatic heterocycles. The second-order valence-corrected chi connectivity index (χ2v) is 7.53. The van der Waals surface area contributed by atoms with Crippen molar-refractivity contribution >= 4 is 17.8 Å². The topological polar surface area (TPSA) is 65.5 Å². The van der Waals surface area contributed by atoms with E-state index in [9.17, 15) is 9.90 Å². The summed E-state index contributed by atoms with van der Waals surface area (Å²) in [5.41, 5.74) is 4.25. The number of nitrogens with one attached hydrogen (secondary N) is 1. The van der Waals surface area contributed by atoms with E-state index in [4.69, 9.17) is 0 Å². The molecule has 2 N–H and O–H groups in total. The van der Waals surface area contributed by atoms with Crippen LogP contribution in [0, 0.1) is 0 Å². The van der Waals surface area contributed by atoms with E-state index < -0.39 is 0 Å². The summed E-state index contributed by atoms with van der Waals surface area (Å²) < 4.78 is 0. The Morgan fingerprint density at radius 1 is 1.25 bits per heavy atom. The summed E-state index contributed by atoms with van der Waals surface area (Å²) in [5.74, 6) is 1.61. The summed E-state index contributed by atoms with van der Waals surface area (Å²) >= 11 is 0. The number of rotatable bonds is 3. The first-order valence-corrected chi connectivity index (χ1v) is 9.78. The van der Waals surface area contributed by atoms with Crippen LogP contribution in [-0.2, 0) is 11.2 Å². The standard InChI is InChI=1S/C23H25N3O2/c1-16-5-7-20-13-17(15-24-23(20)25-16)6-8-22(28)26-11-9-18(10-12-26)19-3-2-4-21(27)14-19/h2-4,6,8,13-15,18,27H,1,5,7,9-12H2,(H,24,25)/b8-6+. The minimum atomic E-state index is 0.0404. The van der Waals surface area contributed by atoms with Crippen molar-refractivity contribution in [2.45, 2.75) is 31.6 Å². The number of likely N-dealkylation sites (tertiary alicyclic amines) is 1. The lowest BCUT2D eigenvalue weighted by Crippen LogP contribution is -2.36. The molecule has 0 atom stereocenters. The average molecular weight is 375 g/mol. The molecule has 3 heterocycles. The van der Waals surface area contributed by atoms with Crippen molar-refractivity contribution in [2.75, 3.05) is 18.4 Å². The minimum Gasteiger partial charge on any atom is -0.508 e. The number of amides is 1. The number of nitrogens with zero attached hydrogens (tertiary/aromatic N) is 2. The van der Waals surface area contributed by atoms with Crippen molar-refractivity contribution in [1.29, 1.82) is 0 Å². The summed E-state index contributed by atoms with van der Waals surface area (Å²) in [4.78, 5) is 18.9. The molecular weight excluding hydrogens is 350 g/mol. The molecule has 2 aromatic rings. The van der Waals surface area contributed by atoms with Crippen LogP contribution in [0.1, 0.15) is 41.9 Å². The number of hydrogen-bond acceptors (Lipinski definition) is 4. The molecule has 0 bridgehead atoms. The number of pyridine rings is 1. The number of piperidine rings is 1. The summed E-state index contributed by atoms with van der Waals surface area (Å²) in [6.07, 6.45) is 8.94. The molecule has 0 spiro atoms. The summed E-state index contributed by atoms with van der Waals surface area (Å²) in [6.45, 7) is 5.42. The Hall–Kier alpha value is -3.08. The lowest BCUT2D eigenvalue weighted by atomic mass is 9.89. The van der Waals surface area contributed by atoms with E-state index in [1.165, 1.54) is 0 Å². The van der Waals surface area contributed by atoms with E-state index in [1.54, 1.807) is 18.3 Å². The summed E-state index contributed by atoms with van der Waals surface area (Å²) in [7, 11) is 0. The van der Waals surface area contributed by atoms with Gasteiger partial charge in [0.05, 0.1) is 0 Å². The van der Waals surface area contributed by atoms with Crippen LogP contribution in [0.4, 0.5) is 5.82 Å². The molecule has 144 valence electrons. The Kier molecular flexibility index (Phi) is 5.15. The lowest BCUT2D eigenvalue weighted by molar-refractivity contribution is -0.126. The van der Waals surface area contributed by atoms with Gasteiger partial charge in [-0.25, -0.2) is 4.98 Å². The second-order valence-electron chi connectivity index (χ2n) is 7.53.